The van der Waals surface area contributed by atoms with Gasteiger partial charge in [-0.1, -0.05) is 25.7 Å². The third-order valence-electron chi connectivity index (χ3n) is 5.48. The zero-order valence-corrected chi connectivity index (χ0v) is 13.4. The molecule has 1 nitrogen and oxygen atoms in total. The van der Waals surface area contributed by atoms with Gasteiger partial charge in [0, 0.05) is 5.56 Å². The largest absolute Gasteiger partial charge is 0.496 e. The Morgan fingerprint density at radius 2 is 1.90 bits per heavy atom. The summed E-state index contributed by atoms with van der Waals surface area (Å²) in [6.07, 6.45) is 9.15. The van der Waals surface area contributed by atoms with E-state index in [9.17, 15) is 4.39 Å². The average molecular weight is 311 g/mol. The summed E-state index contributed by atoms with van der Waals surface area (Å²) in [6, 6.07) is 4.67. The van der Waals surface area contributed by atoms with Crippen molar-refractivity contribution in [3.05, 3.63) is 29.6 Å². The number of rotatable bonds is 3. The smallest absolute Gasteiger partial charge is 0.123 e. The van der Waals surface area contributed by atoms with Crippen molar-refractivity contribution in [2.45, 2.75) is 50.3 Å². The van der Waals surface area contributed by atoms with Gasteiger partial charge in [0.05, 0.1) is 12.5 Å². The molecule has 0 aromatic heterocycles. The van der Waals surface area contributed by atoms with Crippen molar-refractivity contribution in [1.29, 1.82) is 0 Å². The number of halogens is 2. The monoisotopic (exact) mass is 310 g/mol. The number of hydrogen-bond acceptors (Lipinski definition) is 1. The van der Waals surface area contributed by atoms with Crippen LogP contribution in [0, 0.1) is 23.6 Å². The van der Waals surface area contributed by atoms with E-state index in [1.807, 2.05) is 0 Å². The maximum atomic E-state index is 13.6. The zero-order chi connectivity index (χ0) is 14.8. The Morgan fingerprint density at radius 3 is 2.67 bits per heavy atom. The van der Waals surface area contributed by atoms with Gasteiger partial charge in [-0.25, -0.2) is 4.39 Å². The van der Waals surface area contributed by atoms with E-state index >= 15 is 0 Å². The SMILES string of the molecule is COc1ccc(F)cc1C(Cl)C1CCC2CCCCC2C1. The summed E-state index contributed by atoms with van der Waals surface area (Å²) >= 11 is 6.73. The molecule has 0 spiro atoms. The average Bonchev–Trinajstić information content (AvgIpc) is 2.53. The molecule has 21 heavy (non-hydrogen) atoms. The Balaban J connectivity index is 1.76. The molecule has 3 heteroatoms. The lowest BCUT2D eigenvalue weighted by Gasteiger charge is -2.41. The van der Waals surface area contributed by atoms with Crippen molar-refractivity contribution in [3.8, 4) is 5.75 Å². The van der Waals surface area contributed by atoms with Gasteiger partial charge < -0.3 is 4.74 Å². The zero-order valence-electron chi connectivity index (χ0n) is 12.7. The Kier molecular flexibility index (Phi) is 4.73. The number of ether oxygens (including phenoxy) is 1. The Morgan fingerprint density at radius 1 is 1.14 bits per heavy atom. The van der Waals surface area contributed by atoms with Crippen molar-refractivity contribution in [2.75, 3.05) is 7.11 Å². The minimum Gasteiger partial charge on any atom is -0.496 e. The van der Waals surface area contributed by atoms with Crippen molar-refractivity contribution < 1.29 is 9.13 Å². The molecular weight excluding hydrogens is 287 g/mol. The van der Waals surface area contributed by atoms with E-state index in [2.05, 4.69) is 0 Å². The molecule has 0 amide bonds. The summed E-state index contributed by atoms with van der Waals surface area (Å²) in [6.45, 7) is 0. The summed E-state index contributed by atoms with van der Waals surface area (Å²) in [5, 5.41) is -0.140. The highest BCUT2D eigenvalue weighted by atomic mass is 35.5. The van der Waals surface area contributed by atoms with Crippen LogP contribution in [-0.4, -0.2) is 7.11 Å². The van der Waals surface area contributed by atoms with E-state index in [4.69, 9.17) is 16.3 Å². The molecule has 4 atom stereocenters. The first-order chi connectivity index (χ1) is 10.2. The van der Waals surface area contributed by atoms with Gasteiger partial charge in [-0.05, 0) is 55.2 Å². The third kappa shape index (κ3) is 3.21. The van der Waals surface area contributed by atoms with E-state index in [1.165, 1.54) is 44.6 Å². The number of fused-ring (bicyclic) bond motifs is 1. The van der Waals surface area contributed by atoms with Crippen molar-refractivity contribution in [1.82, 2.24) is 0 Å². The van der Waals surface area contributed by atoms with E-state index in [0.717, 1.165) is 23.8 Å². The summed E-state index contributed by atoms with van der Waals surface area (Å²) in [7, 11) is 1.62. The fourth-order valence-electron chi connectivity index (χ4n) is 4.35. The van der Waals surface area contributed by atoms with Gasteiger partial charge in [-0.3, -0.25) is 0 Å². The Labute approximate surface area is 131 Å². The molecule has 0 N–H and O–H groups in total. The lowest BCUT2D eigenvalue weighted by Crippen LogP contribution is -2.29. The Bertz CT molecular complexity index is 490. The molecule has 0 aliphatic heterocycles. The van der Waals surface area contributed by atoms with Crippen molar-refractivity contribution in [3.63, 3.8) is 0 Å². The molecular formula is C18H24ClFO. The second-order valence-corrected chi connectivity index (χ2v) is 7.14. The van der Waals surface area contributed by atoms with Crippen LogP contribution < -0.4 is 4.74 Å². The number of hydrogen-bond donors (Lipinski definition) is 0. The lowest BCUT2D eigenvalue weighted by atomic mass is 9.66. The maximum Gasteiger partial charge on any atom is 0.123 e. The molecule has 2 aliphatic carbocycles. The van der Waals surface area contributed by atoms with Crippen LogP contribution in [0.5, 0.6) is 5.75 Å². The van der Waals surface area contributed by atoms with Gasteiger partial charge in [0.2, 0.25) is 0 Å². The standard InChI is InChI=1S/C18H24ClFO/c1-21-17-9-8-15(20)11-16(17)18(19)14-7-6-12-4-2-3-5-13(12)10-14/h8-9,11-14,18H,2-7,10H2,1H3. The van der Waals surface area contributed by atoms with E-state index in [0.29, 0.717) is 11.7 Å². The van der Waals surface area contributed by atoms with Crippen LogP contribution in [0.4, 0.5) is 4.39 Å². The van der Waals surface area contributed by atoms with Crippen LogP contribution >= 0.6 is 11.6 Å². The second kappa shape index (κ2) is 6.56. The first-order valence-corrected chi connectivity index (χ1v) is 8.60. The van der Waals surface area contributed by atoms with Crippen LogP contribution in [0.25, 0.3) is 0 Å². The highest BCUT2D eigenvalue weighted by molar-refractivity contribution is 6.21. The quantitative estimate of drug-likeness (QED) is 0.649. The van der Waals surface area contributed by atoms with Gasteiger partial charge in [0.15, 0.2) is 0 Å². The predicted molar refractivity (Wildman–Crippen MR) is 84.3 cm³/mol. The maximum absolute atomic E-state index is 13.6. The predicted octanol–water partition coefficient (Wildman–Crippen LogP) is 5.72. The molecule has 116 valence electrons. The van der Waals surface area contributed by atoms with Crippen LogP contribution in [0.1, 0.15) is 55.9 Å². The van der Waals surface area contributed by atoms with E-state index < -0.39 is 0 Å². The number of benzene rings is 1. The van der Waals surface area contributed by atoms with Gasteiger partial charge >= 0.3 is 0 Å². The molecule has 0 heterocycles. The number of methoxy groups -OCH3 is 1. The lowest BCUT2D eigenvalue weighted by molar-refractivity contribution is 0.127. The van der Waals surface area contributed by atoms with Gasteiger partial charge in [-0.2, -0.15) is 0 Å². The number of alkyl halides is 1. The topological polar surface area (TPSA) is 9.23 Å². The molecule has 2 aliphatic rings. The summed E-state index contributed by atoms with van der Waals surface area (Å²) in [5.41, 5.74) is 0.818. The highest BCUT2D eigenvalue weighted by Crippen LogP contribution is 2.49. The minimum atomic E-state index is -0.234. The van der Waals surface area contributed by atoms with Crippen molar-refractivity contribution in [2.24, 2.45) is 17.8 Å². The van der Waals surface area contributed by atoms with E-state index in [1.54, 1.807) is 19.2 Å². The fraction of sp³-hybridized carbons (Fsp3) is 0.667. The van der Waals surface area contributed by atoms with Crippen LogP contribution in [0.15, 0.2) is 18.2 Å². The fourth-order valence-corrected chi connectivity index (χ4v) is 4.75. The molecule has 1 aromatic rings. The molecule has 0 saturated heterocycles. The molecule has 1 aromatic carbocycles. The molecule has 0 radical (unpaired) electrons. The van der Waals surface area contributed by atoms with Crippen LogP contribution in [-0.2, 0) is 0 Å². The van der Waals surface area contributed by atoms with Crippen LogP contribution in [0.3, 0.4) is 0 Å². The normalized spacial score (nSPS) is 30.5. The summed E-state index contributed by atoms with van der Waals surface area (Å²) < 4.78 is 18.9. The van der Waals surface area contributed by atoms with E-state index in [-0.39, 0.29) is 11.2 Å². The van der Waals surface area contributed by atoms with Gasteiger partial charge in [-0.15, -0.1) is 11.6 Å². The first kappa shape index (κ1) is 15.1. The first-order valence-electron chi connectivity index (χ1n) is 8.16. The second-order valence-electron chi connectivity index (χ2n) is 6.67. The summed E-state index contributed by atoms with van der Waals surface area (Å²) in [4.78, 5) is 0. The third-order valence-corrected chi connectivity index (χ3v) is 6.07. The van der Waals surface area contributed by atoms with Crippen molar-refractivity contribution >= 4 is 11.6 Å². The molecule has 0 bridgehead atoms. The molecule has 2 fully saturated rings. The Hall–Kier alpha value is -0.760. The molecule has 2 saturated carbocycles. The van der Waals surface area contributed by atoms with Gasteiger partial charge in [0.1, 0.15) is 11.6 Å². The summed E-state index contributed by atoms with van der Waals surface area (Å²) in [5.74, 6) is 2.67. The highest BCUT2D eigenvalue weighted by Gasteiger charge is 2.36. The molecule has 3 rings (SSSR count). The van der Waals surface area contributed by atoms with Gasteiger partial charge in [0.25, 0.3) is 0 Å². The minimum absolute atomic E-state index is 0.140. The molecule has 4 unspecified atom stereocenters. The van der Waals surface area contributed by atoms with Crippen LogP contribution in [0.2, 0.25) is 0 Å².